The third-order valence-electron chi connectivity index (χ3n) is 8.29. The van der Waals surface area contributed by atoms with Gasteiger partial charge in [0.25, 0.3) is 0 Å². The van der Waals surface area contributed by atoms with E-state index in [1.165, 1.54) is 38.5 Å². The molecule has 6 fully saturated rings. The predicted octanol–water partition coefficient (Wildman–Crippen LogP) is 3.31. The van der Waals surface area contributed by atoms with Crippen molar-refractivity contribution in [3.63, 3.8) is 0 Å². The lowest BCUT2D eigenvalue weighted by Crippen LogP contribution is -2.49. The molecule has 1 aliphatic heterocycles. The number of aliphatic carboxylic acids is 1. The van der Waals surface area contributed by atoms with Gasteiger partial charge in [0.15, 0.2) is 0 Å². The van der Waals surface area contributed by atoms with Gasteiger partial charge >= 0.3 is 5.97 Å². The Kier molecular flexibility index (Phi) is 3.16. The van der Waals surface area contributed by atoms with Crippen LogP contribution in [-0.2, 0) is 9.59 Å². The van der Waals surface area contributed by atoms with Crippen LogP contribution in [0.15, 0.2) is 0 Å². The molecule has 1 unspecified atom stereocenters. The van der Waals surface area contributed by atoms with Gasteiger partial charge in [0.2, 0.25) is 5.91 Å². The summed E-state index contributed by atoms with van der Waals surface area (Å²) >= 11 is 0. The first-order chi connectivity index (χ1) is 11.5. The van der Waals surface area contributed by atoms with Crippen LogP contribution < -0.4 is 0 Å². The van der Waals surface area contributed by atoms with E-state index in [0.717, 1.165) is 56.5 Å². The molecule has 1 N–H and O–H groups in total. The van der Waals surface area contributed by atoms with Gasteiger partial charge in [-0.15, -0.1) is 0 Å². The number of carboxylic acids is 1. The molecule has 0 radical (unpaired) electrons. The number of piperidine rings is 1. The number of rotatable bonds is 3. The van der Waals surface area contributed by atoms with Crippen molar-refractivity contribution < 1.29 is 14.7 Å². The van der Waals surface area contributed by atoms with Gasteiger partial charge < -0.3 is 10.0 Å². The summed E-state index contributed by atoms with van der Waals surface area (Å²) in [6.45, 7) is 1.57. The molecule has 1 heterocycles. The van der Waals surface area contributed by atoms with Gasteiger partial charge in [-0.2, -0.15) is 0 Å². The minimum absolute atomic E-state index is 0.0311. The third-order valence-corrected chi connectivity index (χ3v) is 8.29. The minimum Gasteiger partial charge on any atom is -0.481 e. The van der Waals surface area contributed by atoms with Crippen LogP contribution in [-0.4, -0.2) is 35.0 Å². The highest BCUT2D eigenvalue weighted by Gasteiger charge is 2.59. The Balaban J connectivity index is 1.21. The fraction of sp³-hybridized carbons (Fsp3) is 0.900. The molecular formula is C20H29NO3. The maximum atomic E-state index is 12.9. The van der Waals surface area contributed by atoms with Crippen LogP contribution in [0, 0.1) is 34.5 Å². The molecule has 132 valence electrons. The van der Waals surface area contributed by atoms with Crippen molar-refractivity contribution in [2.75, 3.05) is 13.1 Å². The van der Waals surface area contributed by atoms with E-state index in [1.807, 2.05) is 0 Å². The standard InChI is InChI=1S/C20H29NO3/c22-17(21-3-1-20(2-4-21)11-16(20)18(23)24)12-19-8-13-5-14(9-19)7-15(6-13)10-19/h13-16H,1-12H2,(H,23,24). The van der Waals surface area contributed by atoms with Crippen molar-refractivity contribution in [2.45, 2.75) is 64.2 Å². The summed E-state index contributed by atoms with van der Waals surface area (Å²) in [4.78, 5) is 26.2. The van der Waals surface area contributed by atoms with Gasteiger partial charge in [0.05, 0.1) is 5.92 Å². The Bertz CT molecular complexity index is 540. The summed E-state index contributed by atoms with van der Waals surface area (Å²) in [6.07, 6.45) is 11.6. The van der Waals surface area contributed by atoms with Crippen LogP contribution in [0.4, 0.5) is 0 Å². The Labute approximate surface area is 144 Å². The molecule has 5 saturated carbocycles. The van der Waals surface area contributed by atoms with Gasteiger partial charge in [-0.3, -0.25) is 9.59 Å². The fourth-order valence-electron chi connectivity index (χ4n) is 7.39. The number of hydrogen-bond acceptors (Lipinski definition) is 2. The molecule has 4 bridgehead atoms. The molecule has 6 rings (SSSR count). The van der Waals surface area contributed by atoms with Crippen LogP contribution in [0.1, 0.15) is 64.2 Å². The third kappa shape index (κ3) is 2.32. The van der Waals surface area contributed by atoms with Gasteiger partial charge in [0.1, 0.15) is 0 Å². The smallest absolute Gasteiger partial charge is 0.307 e. The lowest BCUT2D eigenvalue weighted by Gasteiger charge is -2.57. The average molecular weight is 331 g/mol. The maximum Gasteiger partial charge on any atom is 0.307 e. The molecule has 0 aromatic carbocycles. The van der Waals surface area contributed by atoms with Crippen LogP contribution in [0.3, 0.4) is 0 Å². The van der Waals surface area contributed by atoms with Crippen LogP contribution in [0.5, 0.6) is 0 Å². The second-order valence-corrected chi connectivity index (χ2v) is 9.93. The molecule has 1 amide bonds. The number of carbonyl (C=O) groups excluding carboxylic acids is 1. The number of nitrogens with zero attached hydrogens (tertiary/aromatic N) is 1. The van der Waals surface area contributed by atoms with Gasteiger partial charge in [0, 0.05) is 19.5 Å². The minimum atomic E-state index is -0.636. The van der Waals surface area contributed by atoms with Gasteiger partial charge in [-0.1, -0.05) is 0 Å². The zero-order chi connectivity index (χ0) is 16.5. The topological polar surface area (TPSA) is 57.6 Å². The second kappa shape index (κ2) is 4.98. The van der Waals surface area contributed by atoms with E-state index in [2.05, 4.69) is 4.90 Å². The fourth-order valence-corrected chi connectivity index (χ4v) is 7.39. The number of carbonyl (C=O) groups is 2. The van der Waals surface area contributed by atoms with E-state index in [4.69, 9.17) is 0 Å². The molecule has 1 atom stereocenters. The highest BCUT2D eigenvalue weighted by Crippen LogP contribution is 2.62. The molecule has 6 aliphatic rings. The highest BCUT2D eigenvalue weighted by atomic mass is 16.4. The van der Waals surface area contributed by atoms with E-state index in [9.17, 15) is 14.7 Å². The Hall–Kier alpha value is -1.06. The normalized spacial score (nSPS) is 44.8. The lowest BCUT2D eigenvalue weighted by atomic mass is 9.49. The number of amides is 1. The second-order valence-electron chi connectivity index (χ2n) is 9.93. The molecule has 0 aromatic rings. The summed E-state index contributed by atoms with van der Waals surface area (Å²) in [5.74, 6) is 2.28. The molecule has 0 aromatic heterocycles. The van der Waals surface area contributed by atoms with E-state index in [1.54, 1.807) is 0 Å². The van der Waals surface area contributed by atoms with E-state index >= 15 is 0 Å². The average Bonchev–Trinajstić information content (AvgIpc) is 3.20. The van der Waals surface area contributed by atoms with Crippen LogP contribution in [0.2, 0.25) is 0 Å². The molecule has 4 heteroatoms. The zero-order valence-electron chi connectivity index (χ0n) is 14.5. The molecule has 4 nitrogen and oxygen atoms in total. The summed E-state index contributed by atoms with van der Waals surface area (Å²) in [7, 11) is 0. The van der Waals surface area contributed by atoms with Crippen molar-refractivity contribution in [1.82, 2.24) is 4.90 Å². The van der Waals surface area contributed by atoms with E-state index < -0.39 is 5.97 Å². The predicted molar refractivity (Wildman–Crippen MR) is 89.2 cm³/mol. The summed E-state index contributed by atoms with van der Waals surface area (Å²) in [5, 5.41) is 9.21. The molecule has 1 saturated heterocycles. The van der Waals surface area contributed by atoms with Gasteiger partial charge in [-0.05, 0) is 86.4 Å². The number of hydrogen-bond donors (Lipinski definition) is 1. The molecular weight excluding hydrogens is 302 g/mol. The zero-order valence-corrected chi connectivity index (χ0v) is 14.5. The van der Waals surface area contributed by atoms with Crippen LogP contribution >= 0.6 is 0 Å². The van der Waals surface area contributed by atoms with Crippen molar-refractivity contribution in [3.05, 3.63) is 0 Å². The SMILES string of the molecule is O=C(O)C1CC12CCN(C(=O)CC13CC4CC(CC(C4)C1)C3)CC2. The largest absolute Gasteiger partial charge is 0.481 e. The lowest BCUT2D eigenvalue weighted by molar-refractivity contribution is -0.141. The monoisotopic (exact) mass is 331 g/mol. The van der Waals surface area contributed by atoms with Crippen LogP contribution in [0.25, 0.3) is 0 Å². The number of likely N-dealkylation sites (tertiary alicyclic amines) is 1. The first-order valence-electron chi connectivity index (χ1n) is 9.98. The quantitative estimate of drug-likeness (QED) is 0.863. The summed E-state index contributed by atoms with van der Waals surface area (Å²) in [6, 6.07) is 0. The van der Waals surface area contributed by atoms with Crippen molar-refractivity contribution in [1.29, 1.82) is 0 Å². The number of carboxylic acid groups (broad SMARTS) is 1. The molecule has 24 heavy (non-hydrogen) atoms. The Morgan fingerprint density at radius 2 is 1.46 bits per heavy atom. The van der Waals surface area contributed by atoms with Crippen molar-refractivity contribution >= 4 is 11.9 Å². The molecule has 1 spiro atoms. The van der Waals surface area contributed by atoms with E-state index in [0.29, 0.717) is 11.3 Å². The van der Waals surface area contributed by atoms with E-state index in [-0.39, 0.29) is 11.3 Å². The first-order valence-corrected chi connectivity index (χ1v) is 9.98. The van der Waals surface area contributed by atoms with Gasteiger partial charge in [-0.25, -0.2) is 0 Å². The summed E-state index contributed by atoms with van der Waals surface area (Å²) in [5.41, 5.74) is 0.355. The van der Waals surface area contributed by atoms with Crippen molar-refractivity contribution in [3.8, 4) is 0 Å². The Morgan fingerprint density at radius 1 is 0.917 bits per heavy atom. The van der Waals surface area contributed by atoms with Crippen molar-refractivity contribution in [2.24, 2.45) is 34.5 Å². The highest BCUT2D eigenvalue weighted by molar-refractivity contribution is 5.78. The maximum absolute atomic E-state index is 12.9. The first kappa shape index (κ1) is 15.2. The molecule has 5 aliphatic carbocycles. The Morgan fingerprint density at radius 3 is 1.92 bits per heavy atom. The summed E-state index contributed by atoms with van der Waals surface area (Å²) < 4.78 is 0.